The first kappa shape index (κ1) is 13.5. The van der Waals surface area contributed by atoms with Gasteiger partial charge in [0.2, 0.25) is 5.91 Å². The van der Waals surface area contributed by atoms with Gasteiger partial charge in [-0.05, 0) is 30.6 Å². The molecule has 1 fully saturated rings. The molecule has 0 aromatic rings. The van der Waals surface area contributed by atoms with Gasteiger partial charge >= 0.3 is 0 Å². The number of nitrogens with one attached hydrogen (secondary N) is 1. The average Bonchev–Trinajstić information content (AvgIpc) is 2.44. The van der Waals surface area contributed by atoms with E-state index in [1.165, 1.54) is 12.8 Å². The molecular formula is C13H26N2O. The zero-order valence-electron chi connectivity index (χ0n) is 11.0. The van der Waals surface area contributed by atoms with Crippen LogP contribution in [0.5, 0.6) is 0 Å². The fourth-order valence-corrected chi connectivity index (χ4v) is 2.49. The van der Waals surface area contributed by atoms with Crippen LogP contribution in [0.25, 0.3) is 0 Å². The fourth-order valence-electron chi connectivity index (χ4n) is 2.49. The lowest BCUT2D eigenvalue weighted by Crippen LogP contribution is -2.49. The Labute approximate surface area is 99.2 Å². The van der Waals surface area contributed by atoms with E-state index in [2.05, 4.69) is 33.0 Å². The monoisotopic (exact) mass is 226 g/mol. The van der Waals surface area contributed by atoms with Crippen molar-refractivity contribution in [2.45, 2.75) is 65.5 Å². The van der Waals surface area contributed by atoms with Gasteiger partial charge in [0, 0.05) is 6.04 Å². The van der Waals surface area contributed by atoms with Gasteiger partial charge in [-0.2, -0.15) is 0 Å². The van der Waals surface area contributed by atoms with Crippen molar-refractivity contribution in [3.8, 4) is 0 Å². The molecule has 0 aliphatic heterocycles. The number of hydrogen-bond donors (Lipinski definition) is 2. The third kappa shape index (κ3) is 3.48. The molecule has 0 spiro atoms. The zero-order chi connectivity index (χ0) is 12.3. The second-order valence-corrected chi connectivity index (χ2v) is 6.18. The molecule has 3 nitrogen and oxygen atoms in total. The van der Waals surface area contributed by atoms with Gasteiger partial charge in [0.1, 0.15) is 0 Å². The Kier molecular flexibility index (Phi) is 4.36. The van der Waals surface area contributed by atoms with Crippen molar-refractivity contribution < 1.29 is 4.79 Å². The molecule has 94 valence electrons. The van der Waals surface area contributed by atoms with Crippen molar-refractivity contribution >= 4 is 5.91 Å². The molecular weight excluding hydrogens is 200 g/mol. The number of carbonyl (C=O) groups excluding carboxylic acids is 1. The minimum Gasteiger partial charge on any atom is -0.351 e. The van der Waals surface area contributed by atoms with Gasteiger partial charge in [-0.3, -0.25) is 4.79 Å². The topological polar surface area (TPSA) is 55.1 Å². The summed E-state index contributed by atoms with van der Waals surface area (Å²) in [5, 5.41) is 3.11. The van der Waals surface area contributed by atoms with Gasteiger partial charge in [-0.25, -0.2) is 0 Å². The van der Waals surface area contributed by atoms with E-state index < -0.39 is 0 Å². The van der Waals surface area contributed by atoms with Crippen LogP contribution in [0.1, 0.15) is 53.4 Å². The molecule has 1 aliphatic rings. The second-order valence-electron chi connectivity index (χ2n) is 6.18. The van der Waals surface area contributed by atoms with E-state index in [0.29, 0.717) is 12.0 Å². The number of hydrogen-bond acceptors (Lipinski definition) is 2. The maximum absolute atomic E-state index is 11.9. The summed E-state index contributed by atoms with van der Waals surface area (Å²) in [5.74, 6) is 0.492. The standard InChI is InChI=1S/C13H26N2O/c1-9(2)8-10(14)12(16)15-11-6-5-7-13(11,3)4/h9-11H,5-8,14H2,1-4H3,(H,15,16). The first-order valence-corrected chi connectivity index (χ1v) is 6.39. The molecule has 0 heterocycles. The summed E-state index contributed by atoms with van der Waals surface area (Å²) >= 11 is 0. The largest absolute Gasteiger partial charge is 0.351 e. The third-order valence-corrected chi connectivity index (χ3v) is 3.64. The van der Waals surface area contributed by atoms with Crippen molar-refractivity contribution in [3.05, 3.63) is 0 Å². The molecule has 0 aromatic carbocycles. The molecule has 0 radical (unpaired) electrons. The van der Waals surface area contributed by atoms with E-state index in [-0.39, 0.29) is 17.4 Å². The molecule has 0 aromatic heterocycles. The summed E-state index contributed by atoms with van der Waals surface area (Å²) in [4.78, 5) is 11.9. The Morgan fingerprint density at radius 2 is 2.12 bits per heavy atom. The van der Waals surface area contributed by atoms with Crippen LogP contribution in [0.2, 0.25) is 0 Å². The van der Waals surface area contributed by atoms with Gasteiger partial charge in [-0.15, -0.1) is 0 Å². The summed E-state index contributed by atoms with van der Waals surface area (Å²) in [7, 11) is 0. The van der Waals surface area contributed by atoms with Crippen LogP contribution in [0.3, 0.4) is 0 Å². The first-order valence-electron chi connectivity index (χ1n) is 6.39. The quantitative estimate of drug-likeness (QED) is 0.771. The molecule has 3 heteroatoms. The summed E-state index contributed by atoms with van der Waals surface area (Å²) in [5.41, 5.74) is 6.10. The molecule has 1 aliphatic carbocycles. The number of rotatable bonds is 4. The van der Waals surface area contributed by atoms with Gasteiger partial charge in [0.15, 0.2) is 0 Å². The molecule has 1 amide bonds. The van der Waals surface area contributed by atoms with Crippen molar-refractivity contribution in [2.75, 3.05) is 0 Å². The highest BCUT2D eigenvalue weighted by molar-refractivity contribution is 5.81. The molecule has 2 unspecified atom stereocenters. The summed E-state index contributed by atoms with van der Waals surface area (Å²) in [6, 6.07) is -0.0467. The van der Waals surface area contributed by atoms with Crippen LogP contribution in [-0.2, 0) is 4.79 Å². The van der Waals surface area contributed by atoms with E-state index in [4.69, 9.17) is 5.73 Å². The van der Waals surface area contributed by atoms with E-state index in [9.17, 15) is 4.79 Å². The third-order valence-electron chi connectivity index (χ3n) is 3.64. The van der Waals surface area contributed by atoms with Crippen LogP contribution in [0.15, 0.2) is 0 Å². The summed E-state index contributed by atoms with van der Waals surface area (Å²) in [6.07, 6.45) is 4.25. The van der Waals surface area contributed by atoms with E-state index >= 15 is 0 Å². The molecule has 1 saturated carbocycles. The number of nitrogens with two attached hydrogens (primary N) is 1. The molecule has 0 saturated heterocycles. The Bertz CT molecular complexity index is 248. The van der Waals surface area contributed by atoms with Crippen molar-refractivity contribution in [3.63, 3.8) is 0 Å². The van der Waals surface area contributed by atoms with E-state index in [1.54, 1.807) is 0 Å². The molecule has 2 atom stereocenters. The Morgan fingerprint density at radius 3 is 2.56 bits per heavy atom. The lowest BCUT2D eigenvalue weighted by atomic mass is 9.87. The van der Waals surface area contributed by atoms with Crippen molar-refractivity contribution in [1.29, 1.82) is 0 Å². The normalized spacial score (nSPS) is 25.8. The molecule has 0 bridgehead atoms. The minimum absolute atomic E-state index is 0.0219. The molecule has 16 heavy (non-hydrogen) atoms. The predicted molar refractivity (Wildman–Crippen MR) is 67.0 cm³/mol. The number of carbonyl (C=O) groups is 1. The minimum atomic E-state index is -0.351. The maximum atomic E-state index is 11.9. The fraction of sp³-hybridized carbons (Fsp3) is 0.923. The Hall–Kier alpha value is -0.570. The summed E-state index contributed by atoms with van der Waals surface area (Å²) < 4.78 is 0. The lowest BCUT2D eigenvalue weighted by molar-refractivity contribution is -0.124. The average molecular weight is 226 g/mol. The second kappa shape index (κ2) is 5.17. The van der Waals surface area contributed by atoms with Gasteiger partial charge < -0.3 is 11.1 Å². The first-order chi connectivity index (χ1) is 7.33. The van der Waals surface area contributed by atoms with Gasteiger partial charge in [0.25, 0.3) is 0 Å². The van der Waals surface area contributed by atoms with Crippen LogP contribution >= 0.6 is 0 Å². The van der Waals surface area contributed by atoms with Gasteiger partial charge in [0.05, 0.1) is 6.04 Å². The van der Waals surface area contributed by atoms with Gasteiger partial charge in [-0.1, -0.05) is 34.1 Å². The highest BCUT2D eigenvalue weighted by Crippen LogP contribution is 2.37. The van der Waals surface area contributed by atoms with Crippen molar-refractivity contribution in [2.24, 2.45) is 17.1 Å². The van der Waals surface area contributed by atoms with Crippen LogP contribution in [0.4, 0.5) is 0 Å². The summed E-state index contributed by atoms with van der Waals surface area (Å²) in [6.45, 7) is 8.62. The van der Waals surface area contributed by atoms with Crippen LogP contribution < -0.4 is 11.1 Å². The molecule has 3 N–H and O–H groups in total. The van der Waals surface area contributed by atoms with Crippen LogP contribution in [-0.4, -0.2) is 18.0 Å². The Morgan fingerprint density at radius 1 is 1.50 bits per heavy atom. The van der Waals surface area contributed by atoms with Crippen LogP contribution in [0, 0.1) is 11.3 Å². The van der Waals surface area contributed by atoms with Crippen molar-refractivity contribution in [1.82, 2.24) is 5.32 Å². The smallest absolute Gasteiger partial charge is 0.237 e. The predicted octanol–water partition coefficient (Wildman–Crippen LogP) is 2.05. The maximum Gasteiger partial charge on any atom is 0.237 e. The number of amides is 1. The highest BCUT2D eigenvalue weighted by atomic mass is 16.2. The molecule has 1 rings (SSSR count). The van der Waals surface area contributed by atoms with E-state index in [1.807, 2.05) is 0 Å². The highest BCUT2D eigenvalue weighted by Gasteiger charge is 2.36. The SMILES string of the molecule is CC(C)CC(N)C(=O)NC1CCCC1(C)C. The Balaban J connectivity index is 2.45. The lowest BCUT2D eigenvalue weighted by Gasteiger charge is -2.29. The zero-order valence-corrected chi connectivity index (χ0v) is 11.0. The van der Waals surface area contributed by atoms with E-state index in [0.717, 1.165) is 12.8 Å².